The predicted octanol–water partition coefficient (Wildman–Crippen LogP) is 5.61. The Hall–Kier alpha value is -1.03. The van der Waals surface area contributed by atoms with Gasteiger partial charge in [-0.25, -0.2) is 4.98 Å². The summed E-state index contributed by atoms with van der Waals surface area (Å²) in [6.45, 7) is 2.03. The number of nitrogens with one attached hydrogen (secondary N) is 1. The highest BCUT2D eigenvalue weighted by molar-refractivity contribution is 9.10. The Kier molecular flexibility index (Phi) is 3.29. The van der Waals surface area contributed by atoms with Gasteiger partial charge in [0.05, 0.1) is 21.1 Å². The normalized spacial score (nSPS) is 11.2. The van der Waals surface area contributed by atoms with Crippen LogP contribution in [0.5, 0.6) is 0 Å². The first-order chi connectivity index (χ1) is 9.06. The van der Waals surface area contributed by atoms with Gasteiger partial charge in [-0.1, -0.05) is 45.2 Å². The Balaban J connectivity index is 2.26. The average molecular weight is 356 g/mol. The molecule has 0 spiro atoms. The van der Waals surface area contributed by atoms with E-state index < -0.39 is 0 Å². The fourth-order valence-corrected chi connectivity index (χ4v) is 3.02. The minimum absolute atomic E-state index is 0.514. The molecule has 1 N–H and O–H groups in total. The molecule has 0 saturated heterocycles. The molecule has 0 aliphatic carbocycles. The number of fused-ring (bicyclic) bond motifs is 1. The van der Waals surface area contributed by atoms with Crippen molar-refractivity contribution in [1.29, 1.82) is 0 Å². The highest BCUT2D eigenvalue weighted by Gasteiger charge is 2.12. The molecule has 1 aromatic heterocycles. The molecule has 0 fully saturated rings. The van der Waals surface area contributed by atoms with Gasteiger partial charge in [-0.15, -0.1) is 0 Å². The fraction of sp³-hybridized carbons (Fsp3) is 0.0714. The maximum Gasteiger partial charge on any atom is 0.140 e. The lowest BCUT2D eigenvalue weighted by atomic mass is 10.2. The van der Waals surface area contributed by atoms with E-state index in [0.717, 1.165) is 32.5 Å². The molecule has 0 amide bonds. The monoisotopic (exact) mass is 354 g/mol. The summed E-state index contributed by atoms with van der Waals surface area (Å²) in [6.07, 6.45) is 0. The van der Waals surface area contributed by atoms with E-state index in [1.807, 2.05) is 31.2 Å². The summed E-state index contributed by atoms with van der Waals surface area (Å²) >= 11 is 15.7. The third kappa shape index (κ3) is 2.27. The maximum absolute atomic E-state index is 6.23. The van der Waals surface area contributed by atoms with Crippen LogP contribution in [0.15, 0.2) is 34.8 Å². The number of aromatic amines is 1. The van der Waals surface area contributed by atoms with Crippen LogP contribution >= 0.6 is 39.1 Å². The zero-order valence-corrected chi connectivity index (χ0v) is 13.1. The van der Waals surface area contributed by atoms with E-state index in [9.17, 15) is 0 Å². The van der Waals surface area contributed by atoms with Crippen molar-refractivity contribution in [3.63, 3.8) is 0 Å². The lowest BCUT2D eigenvalue weighted by Crippen LogP contribution is -1.82. The van der Waals surface area contributed by atoms with Gasteiger partial charge in [0.25, 0.3) is 0 Å². The predicted molar refractivity (Wildman–Crippen MR) is 84.0 cm³/mol. The summed E-state index contributed by atoms with van der Waals surface area (Å²) in [5, 5.41) is 1.04. The van der Waals surface area contributed by atoms with Crippen LogP contribution in [0.1, 0.15) is 5.56 Å². The standard InChI is InChI=1S/C14H9BrCl2N2/c1-7-5-8(15)6-11-13(7)19-14(18-11)9-3-2-4-10(16)12(9)17/h2-6H,1H3,(H,18,19). The van der Waals surface area contributed by atoms with E-state index in [1.165, 1.54) is 0 Å². The molecule has 0 aliphatic rings. The van der Waals surface area contributed by atoms with Gasteiger partial charge in [-0.05, 0) is 36.8 Å². The molecule has 96 valence electrons. The largest absolute Gasteiger partial charge is 0.338 e. The number of nitrogens with zero attached hydrogens (tertiary/aromatic N) is 1. The lowest BCUT2D eigenvalue weighted by Gasteiger charge is -2.01. The van der Waals surface area contributed by atoms with Crippen LogP contribution in [-0.4, -0.2) is 9.97 Å². The SMILES string of the molecule is Cc1cc(Br)cc2[nH]c(-c3cccc(Cl)c3Cl)nc12. The van der Waals surface area contributed by atoms with Crippen molar-refractivity contribution in [2.75, 3.05) is 0 Å². The van der Waals surface area contributed by atoms with E-state index in [4.69, 9.17) is 23.2 Å². The Morgan fingerprint density at radius 1 is 1.21 bits per heavy atom. The van der Waals surface area contributed by atoms with Gasteiger partial charge < -0.3 is 4.98 Å². The van der Waals surface area contributed by atoms with E-state index in [2.05, 4.69) is 25.9 Å². The van der Waals surface area contributed by atoms with E-state index in [0.29, 0.717) is 10.0 Å². The van der Waals surface area contributed by atoms with E-state index >= 15 is 0 Å². The first-order valence-corrected chi connectivity index (χ1v) is 7.21. The molecule has 0 radical (unpaired) electrons. The molecular weight excluding hydrogens is 347 g/mol. The number of hydrogen-bond donors (Lipinski definition) is 1. The van der Waals surface area contributed by atoms with Crippen LogP contribution in [0.2, 0.25) is 10.0 Å². The Labute approximate surface area is 128 Å². The molecule has 0 atom stereocenters. The van der Waals surface area contributed by atoms with Crippen molar-refractivity contribution in [2.24, 2.45) is 0 Å². The summed E-state index contributed by atoms with van der Waals surface area (Å²) in [6, 6.07) is 9.55. The summed E-state index contributed by atoms with van der Waals surface area (Å²) in [7, 11) is 0. The first kappa shape index (κ1) is 13.0. The van der Waals surface area contributed by atoms with Gasteiger partial charge in [0.2, 0.25) is 0 Å². The molecule has 3 rings (SSSR count). The third-order valence-corrected chi connectivity index (χ3v) is 4.23. The van der Waals surface area contributed by atoms with Gasteiger partial charge in [0, 0.05) is 10.0 Å². The van der Waals surface area contributed by atoms with Crippen LogP contribution < -0.4 is 0 Å². The van der Waals surface area contributed by atoms with Crippen LogP contribution in [-0.2, 0) is 0 Å². The minimum atomic E-state index is 0.514. The number of H-pyrrole nitrogens is 1. The van der Waals surface area contributed by atoms with Crippen LogP contribution in [0.3, 0.4) is 0 Å². The molecule has 0 unspecified atom stereocenters. The average Bonchev–Trinajstić information content (AvgIpc) is 2.76. The third-order valence-electron chi connectivity index (χ3n) is 2.95. The quantitative estimate of drug-likeness (QED) is 0.604. The zero-order valence-electron chi connectivity index (χ0n) is 9.97. The number of halogens is 3. The van der Waals surface area contributed by atoms with Crippen molar-refractivity contribution in [1.82, 2.24) is 9.97 Å². The molecule has 0 aliphatic heterocycles. The zero-order chi connectivity index (χ0) is 13.6. The number of hydrogen-bond acceptors (Lipinski definition) is 1. The van der Waals surface area contributed by atoms with Gasteiger partial charge in [0.1, 0.15) is 5.82 Å². The van der Waals surface area contributed by atoms with Crippen LogP contribution in [0.25, 0.3) is 22.4 Å². The van der Waals surface area contributed by atoms with Gasteiger partial charge in [-0.3, -0.25) is 0 Å². The number of imidazole rings is 1. The summed E-state index contributed by atoms with van der Waals surface area (Å²) in [5.41, 5.74) is 3.82. The van der Waals surface area contributed by atoms with Crippen molar-refractivity contribution in [2.45, 2.75) is 6.92 Å². The molecule has 0 bridgehead atoms. The topological polar surface area (TPSA) is 28.7 Å². The number of benzene rings is 2. The molecule has 2 nitrogen and oxygen atoms in total. The van der Waals surface area contributed by atoms with Crippen molar-refractivity contribution >= 4 is 50.2 Å². The molecule has 1 heterocycles. The highest BCUT2D eigenvalue weighted by atomic mass is 79.9. The maximum atomic E-state index is 6.23. The summed E-state index contributed by atoms with van der Waals surface area (Å²) in [5.74, 6) is 0.726. The van der Waals surface area contributed by atoms with Crippen LogP contribution in [0, 0.1) is 6.92 Å². The molecule has 5 heteroatoms. The van der Waals surface area contributed by atoms with Crippen LogP contribution in [0.4, 0.5) is 0 Å². The Bertz CT molecular complexity index is 780. The number of aromatic nitrogens is 2. The lowest BCUT2D eigenvalue weighted by molar-refractivity contribution is 1.33. The van der Waals surface area contributed by atoms with Crippen molar-refractivity contribution in [3.8, 4) is 11.4 Å². The molecular formula is C14H9BrCl2N2. The fourth-order valence-electron chi connectivity index (χ4n) is 2.06. The van der Waals surface area contributed by atoms with Gasteiger partial charge in [-0.2, -0.15) is 0 Å². The van der Waals surface area contributed by atoms with Crippen molar-refractivity contribution < 1.29 is 0 Å². The van der Waals surface area contributed by atoms with Gasteiger partial charge >= 0.3 is 0 Å². The summed E-state index contributed by atoms with van der Waals surface area (Å²) < 4.78 is 1.02. The second kappa shape index (κ2) is 4.82. The Morgan fingerprint density at radius 2 is 2.00 bits per heavy atom. The number of rotatable bonds is 1. The molecule has 0 saturated carbocycles. The van der Waals surface area contributed by atoms with Gasteiger partial charge in [0.15, 0.2) is 0 Å². The number of aryl methyl sites for hydroxylation is 1. The second-order valence-corrected chi connectivity index (χ2v) is 6.01. The second-order valence-electron chi connectivity index (χ2n) is 4.31. The van der Waals surface area contributed by atoms with E-state index in [1.54, 1.807) is 6.07 Å². The summed E-state index contributed by atoms with van der Waals surface area (Å²) in [4.78, 5) is 7.88. The Morgan fingerprint density at radius 3 is 2.79 bits per heavy atom. The minimum Gasteiger partial charge on any atom is -0.338 e. The molecule has 3 aromatic rings. The molecule has 19 heavy (non-hydrogen) atoms. The first-order valence-electron chi connectivity index (χ1n) is 5.66. The smallest absolute Gasteiger partial charge is 0.140 e. The molecule has 2 aromatic carbocycles. The van der Waals surface area contributed by atoms with Crippen molar-refractivity contribution in [3.05, 3.63) is 50.4 Å². The highest BCUT2D eigenvalue weighted by Crippen LogP contribution is 2.33. The van der Waals surface area contributed by atoms with E-state index in [-0.39, 0.29) is 0 Å².